The van der Waals surface area contributed by atoms with Gasteiger partial charge in [0, 0.05) is 11.6 Å². The van der Waals surface area contributed by atoms with E-state index in [1.54, 1.807) is 30.3 Å². The number of halogens is 1. The smallest absolute Gasteiger partial charge is 0.266 e. The van der Waals surface area contributed by atoms with Crippen molar-refractivity contribution >= 4 is 33.4 Å². The van der Waals surface area contributed by atoms with Crippen molar-refractivity contribution in [2.24, 2.45) is 11.7 Å². The van der Waals surface area contributed by atoms with Crippen LogP contribution in [0.5, 0.6) is 5.75 Å². The second-order valence-electron chi connectivity index (χ2n) is 7.19. The van der Waals surface area contributed by atoms with Gasteiger partial charge in [-0.2, -0.15) is 0 Å². The second kappa shape index (κ2) is 9.67. The van der Waals surface area contributed by atoms with Crippen molar-refractivity contribution in [3.63, 3.8) is 0 Å². The van der Waals surface area contributed by atoms with Gasteiger partial charge in [0.2, 0.25) is 11.8 Å². The number of ether oxygens (including phenoxy) is 1. The van der Waals surface area contributed by atoms with Gasteiger partial charge >= 0.3 is 0 Å². The number of sulfonamides is 1. The molecule has 1 saturated heterocycles. The van der Waals surface area contributed by atoms with Crippen LogP contribution in [0.25, 0.3) is 0 Å². The van der Waals surface area contributed by atoms with Crippen LogP contribution in [-0.2, 0) is 32.5 Å². The first kappa shape index (κ1) is 23.1. The molecule has 3 N–H and O–H groups in total. The van der Waals surface area contributed by atoms with E-state index in [-0.39, 0.29) is 17.9 Å². The minimum Gasteiger partial charge on any atom is -0.496 e. The lowest BCUT2D eigenvalue weighted by Crippen LogP contribution is -2.42. The van der Waals surface area contributed by atoms with Crippen molar-refractivity contribution in [1.82, 2.24) is 9.62 Å². The largest absolute Gasteiger partial charge is 0.496 e. The number of nitrogens with one attached hydrogen (secondary N) is 1. The van der Waals surface area contributed by atoms with E-state index >= 15 is 0 Å². The van der Waals surface area contributed by atoms with Crippen LogP contribution >= 0.6 is 11.6 Å². The average molecular weight is 466 g/mol. The number of amides is 2. The lowest BCUT2D eigenvalue weighted by Gasteiger charge is -2.23. The van der Waals surface area contributed by atoms with Gasteiger partial charge in [-0.15, -0.1) is 0 Å². The molecule has 1 aliphatic heterocycles. The third-order valence-corrected chi connectivity index (χ3v) is 7.07. The van der Waals surface area contributed by atoms with E-state index in [0.29, 0.717) is 33.6 Å². The van der Waals surface area contributed by atoms with E-state index in [9.17, 15) is 18.0 Å². The maximum absolute atomic E-state index is 13.2. The molecule has 1 atom stereocenters. The molecule has 2 aromatic carbocycles. The molecular formula is C21H24ClN3O5S. The van der Waals surface area contributed by atoms with Crippen molar-refractivity contribution in [2.45, 2.75) is 17.7 Å². The quantitative estimate of drug-likeness (QED) is 0.637. The summed E-state index contributed by atoms with van der Waals surface area (Å²) in [6, 6.07) is 11.1. The van der Waals surface area contributed by atoms with E-state index in [1.807, 2.05) is 0 Å². The van der Waals surface area contributed by atoms with Crippen molar-refractivity contribution in [3.05, 3.63) is 58.6 Å². The van der Waals surface area contributed by atoms with E-state index in [1.165, 1.54) is 19.2 Å². The van der Waals surface area contributed by atoms with Crippen LogP contribution in [0, 0.1) is 5.92 Å². The van der Waals surface area contributed by atoms with Crippen LogP contribution in [0.3, 0.4) is 0 Å². The number of carbonyl (C=O) groups is 2. The number of nitrogens with zero attached hydrogens (tertiary/aromatic N) is 1. The van der Waals surface area contributed by atoms with Crippen molar-refractivity contribution in [2.75, 3.05) is 26.7 Å². The minimum absolute atomic E-state index is 0.00872. The highest BCUT2D eigenvalue weighted by atomic mass is 35.5. The molecule has 166 valence electrons. The van der Waals surface area contributed by atoms with Crippen LogP contribution in [0.15, 0.2) is 47.4 Å². The topological polar surface area (TPSA) is 119 Å². The zero-order valence-corrected chi connectivity index (χ0v) is 18.6. The fourth-order valence-electron chi connectivity index (χ4n) is 3.45. The molecule has 1 heterocycles. The summed E-state index contributed by atoms with van der Waals surface area (Å²) in [5.41, 5.74) is 7.06. The first-order valence-corrected chi connectivity index (χ1v) is 11.5. The summed E-state index contributed by atoms with van der Waals surface area (Å²) in [4.78, 5) is 25.4. The number of nitrogens with two attached hydrogens (primary N) is 1. The molecule has 0 aromatic heterocycles. The van der Waals surface area contributed by atoms with Crippen LogP contribution < -0.4 is 15.8 Å². The van der Waals surface area contributed by atoms with E-state index in [2.05, 4.69) is 5.32 Å². The molecule has 31 heavy (non-hydrogen) atoms. The number of benzene rings is 2. The molecule has 1 fully saturated rings. The molecule has 2 aromatic rings. The Morgan fingerprint density at radius 3 is 2.55 bits per heavy atom. The SMILES string of the molecule is COc1ccc(Cl)cc1CC1CNC(=O)CN(S(=O)(=O)c2ccc(CCN)cc2)C1=O. The zero-order chi connectivity index (χ0) is 22.6. The highest BCUT2D eigenvalue weighted by Gasteiger charge is 2.38. The Labute approximate surface area is 186 Å². The molecule has 2 amide bonds. The fraction of sp³-hybridized carbons (Fsp3) is 0.333. The Bertz CT molecular complexity index is 1070. The highest BCUT2D eigenvalue weighted by Crippen LogP contribution is 2.27. The summed E-state index contributed by atoms with van der Waals surface area (Å²) in [6.07, 6.45) is 0.763. The molecular weight excluding hydrogens is 442 g/mol. The molecule has 3 rings (SSSR count). The first-order chi connectivity index (χ1) is 14.8. The summed E-state index contributed by atoms with van der Waals surface area (Å²) in [6.45, 7) is -0.130. The highest BCUT2D eigenvalue weighted by molar-refractivity contribution is 7.89. The summed E-state index contributed by atoms with van der Waals surface area (Å²) in [5, 5.41) is 3.08. The lowest BCUT2D eigenvalue weighted by molar-refractivity contribution is -0.131. The third-order valence-electron chi connectivity index (χ3n) is 5.08. The molecule has 10 heteroatoms. The maximum Gasteiger partial charge on any atom is 0.266 e. The Hall–Kier alpha value is -2.62. The first-order valence-electron chi connectivity index (χ1n) is 9.71. The number of rotatable bonds is 7. The molecule has 1 aliphatic rings. The summed E-state index contributed by atoms with van der Waals surface area (Å²) in [7, 11) is -2.72. The van der Waals surface area contributed by atoms with Gasteiger partial charge < -0.3 is 15.8 Å². The van der Waals surface area contributed by atoms with E-state index in [4.69, 9.17) is 22.1 Å². The van der Waals surface area contributed by atoms with Gasteiger partial charge in [-0.1, -0.05) is 23.7 Å². The standard InChI is InChI=1S/C21H24ClN3O5S/c1-30-19-7-4-17(22)11-15(19)10-16-12-24-20(26)13-25(21(16)27)31(28,29)18-5-2-14(3-6-18)8-9-23/h2-7,11,16H,8-10,12-13,23H2,1H3,(H,24,26). The van der Waals surface area contributed by atoms with Crippen molar-refractivity contribution < 1.29 is 22.7 Å². The zero-order valence-electron chi connectivity index (χ0n) is 17.0. The Kier molecular flexibility index (Phi) is 7.19. The number of hydrogen-bond acceptors (Lipinski definition) is 6. The van der Waals surface area contributed by atoms with E-state index in [0.717, 1.165) is 5.56 Å². The fourth-order valence-corrected chi connectivity index (χ4v) is 5.05. The monoisotopic (exact) mass is 465 g/mol. The molecule has 0 aliphatic carbocycles. The molecule has 8 nitrogen and oxygen atoms in total. The summed E-state index contributed by atoms with van der Waals surface area (Å²) < 4.78 is 32.4. The molecule has 0 bridgehead atoms. The van der Waals surface area contributed by atoms with Crippen LogP contribution in [0.2, 0.25) is 5.02 Å². The summed E-state index contributed by atoms with van der Waals surface area (Å²) in [5.74, 6) is -1.48. The predicted octanol–water partition coefficient (Wildman–Crippen LogP) is 1.36. The second-order valence-corrected chi connectivity index (χ2v) is 9.49. The van der Waals surface area contributed by atoms with Crippen LogP contribution in [-0.4, -0.2) is 51.3 Å². The van der Waals surface area contributed by atoms with Gasteiger partial charge in [-0.3, -0.25) is 9.59 Å². The Balaban J connectivity index is 1.92. The van der Waals surface area contributed by atoms with Crippen molar-refractivity contribution in [1.29, 1.82) is 0 Å². The maximum atomic E-state index is 13.2. The average Bonchev–Trinajstić information content (AvgIpc) is 2.88. The van der Waals surface area contributed by atoms with Crippen LogP contribution in [0.1, 0.15) is 11.1 Å². The van der Waals surface area contributed by atoms with Gasteiger partial charge in [0.15, 0.2) is 0 Å². The molecule has 0 saturated carbocycles. The predicted molar refractivity (Wildman–Crippen MR) is 116 cm³/mol. The normalized spacial score (nSPS) is 17.3. The van der Waals surface area contributed by atoms with Crippen LogP contribution in [0.4, 0.5) is 0 Å². The minimum atomic E-state index is -4.21. The lowest BCUT2D eigenvalue weighted by atomic mass is 9.98. The molecule has 1 unspecified atom stereocenters. The third kappa shape index (κ3) is 5.17. The Morgan fingerprint density at radius 1 is 1.19 bits per heavy atom. The number of carbonyl (C=O) groups excluding carboxylic acids is 2. The number of methoxy groups -OCH3 is 1. The summed E-state index contributed by atoms with van der Waals surface area (Å²) >= 11 is 6.08. The van der Waals surface area contributed by atoms with E-state index < -0.39 is 34.3 Å². The van der Waals surface area contributed by atoms with Gasteiger partial charge in [0.1, 0.15) is 12.3 Å². The van der Waals surface area contributed by atoms with Gasteiger partial charge in [0.25, 0.3) is 10.0 Å². The van der Waals surface area contributed by atoms with Gasteiger partial charge in [0.05, 0.1) is 17.9 Å². The Morgan fingerprint density at radius 2 is 1.90 bits per heavy atom. The molecule has 0 radical (unpaired) electrons. The van der Waals surface area contributed by atoms with Crippen molar-refractivity contribution in [3.8, 4) is 5.75 Å². The van der Waals surface area contributed by atoms with Gasteiger partial charge in [-0.25, -0.2) is 12.7 Å². The van der Waals surface area contributed by atoms with Gasteiger partial charge in [-0.05, 0) is 60.8 Å². The number of hydrogen-bond donors (Lipinski definition) is 2. The molecule has 0 spiro atoms.